The monoisotopic (exact) mass is 370 g/mol. The Morgan fingerprint density at radius 1 is 1.30 bits per heavy atom. The number of hydrogen-bond acceptors (Lipinski definition) is 3. The number of hydrogen-bond donors (Lipinski definition) is 2. The van der Waals surface area contributed by atoms with Gasteiger partial charge in [-0.1, -0.05) is 19.1 Å². The summed E-state index contributed by atoms with van der Waals surface area (Å²) >= 11 is 0. The minimum Gasteiger partial charge on any atom is -0.329 e. The Bertz CT molecular complexity index is 932. The zero-order chi connectivity index (χ0) is 19.4. The Balaban J connectivity index is 1.72. The van der Waals surface area contributed by atoms with Gasteiger partial charge in [-0.25, -0.2) is 13.9 Å². The number of anilines is 1. The molecule has 1 atom stereocenters. The molecule has 142 valence electrons. The van der Waals surface area contributed by atoms with Gasteiger partial charge >= 0.3 is 6.03 Å². The average Bonchev–Trinajstić information content (AvgIpc) is 3.20. The fourth-order valence-electron chi connectivity index (χ4n) is 2.98. The predicted molar refractivity (Wildman–Crippen MR) is 101 cm³/mol. The third-order valence-corrected chi connectivity index (χ3v) is 4.41. The lowest BCUT2D eigenvalue weighted by Gasteiger charge is -2.18. The van der Waals surface area contributed by atoms with Gasteiger partial charge in [0.2, 0.25) is 0 Å². The number of aryl methyl sites for hydroxylation is 2. The summed E-state index contributed by atoms with van der Waals surface area (Å²) in [4.78, 5) is 12.5. The fourth-order valence-corrected chi connectivity index (χ4v) is 2.98. The quantitative estimate of drug-likeness (QED) is 0.698. The third kappa shape index (κ3) is 4.33. The molecule has 0 radical (unpaired) electrons. The predicted octanol–water partition coefficient (Wildman–Crippen LogP) is 3.39. The zero-order valence-corrected chi connectivity index (χ0v) is 15.6. The first kappa shape index (κ1) is 18.6. The van der Waals surface area contributed by atoms with Gasteiger partial charge in [-0.05, 0) is 37.1 Å². The van der Waals surface area contributed by atoms with E-state index in [4.69, 9.17) is 0 Å². The Kier molecular flexibility index (Phi) is 5.54. The molecule has 2 heterocycles. The summed E-state index contributed by atoms with van der Waals surface area (Å²) in [5.74, 6) is 0.280. The molecule has 27 heavy (non-hydrogen) atoms. The van der Waals surface area contributed by atoms with E-state index < -0.39 is 0 Å². The number of carbonyl (C=O) groups is 1. The van der Waals surface area contributed by atoms with Crippen molar-refractivity contribution in [2.24, 2.45) is 7.05 Å². The molecular weight excluding hydrogens is 347 g/mol. The number of aromatic nitrogens is 4. The maximum Gasteiger partial charge on any atom is 0.320 e. The first-order valence-electron chi connectivity index (χ1n) is 8.80. The summed E-state index contributed by atoms with van der Waals surface area (Å²) in [5.41, 5.74) is 2.52. The summed E-state index contributed by atoms with van der Waals surface area (Å²) in [7, 11) is 1.84. The summed E-state index contributed by atoms with van der Waals surface area (Å²) in [5, 5.41) is 14.3. The number of rotatable bonds is 6. The summed E-state index contributed by atoms with van der Waals surface area (Å²) < 4.78 is 16.8. The standard InChI is InChI=1S/C19H23FN6O/c1-4-16(17-8-9-21-25(17)3)23-19(27)24-18-13(2)11-22-26(18)12-14-6-5-7-15(20)10-14/h5-11,16H,4,12H2,1-3H3,(H2,23,24,27)/t16-/m0/s1. The lowest BCUT2D eigenvalue weighted by atomic mass is 10.1. The van der Waals surface area contributed by atoms with Crippen molar-refractivity contribution in [3.05, 3.63) is 65.4 Å². The number of carbonyl (C=O) groups excluding carboxylic acids is 1. The lowest BCUT2D eigenvalue weighted by Crippen LogP contribution is -2.34. The summed E-state index contributed by atoms with van der Waals surface area (Å²) in [6, 6.07) is 7.72. The van der Waals surface area contributed by atoms with Crippen LogP contribution in [0.15, 0.2) is 42.7 Å². The number of nitrogens with one attached hydrogen (secondary N) is 2. The number of benzene rings is 1. The average molecular weight is 370 g/mol. The molecule has 0 saturated heterocycles. The maximum absolute atomic E-state index is 13.4. The van der Waals surface area contributed by atoms with Gasteiger partial charge in [-0.3, -0.25) is 10.00 Å². The molecule has 1 aromatic carbocycles. The number of nitrogens with zero attached hydrogens (tertiary/aromatic N) is 4. The summed E-state index contributed by atoms with van der Waals surface area (Å²) in [6.07, 6.45) is 4.11. The Morgan fingerprint density at radius 2 is 2.11 bits per heavy atom. The van der Waals surface area contributed by atoms with Gasteiger partial charge < -0.3 is 5.32 Å². The molecule has 0 spiro atoms. The highest BCUT2D eigenvalue weighted by atomic mass is 19.1. The van der Waals surface area contributed by atoms with E-state index in [9.17, 15) is 9.18 Å². The van der Waals surface area contributed by atoms with Crippen molar-refractivity contribution in [1.82, 2.24) is 24.9 Å². The molecule has 0 unspecified atom stereocenters. The van der Waals surface area contributed by atoms with Gasteiger partial charge in [-0.15, -0.1) is 0 Å². The second-order valence-electron chi connectivity index (χ2n) is 6.40. The topological polar surface area (TPSA) is 76.8 Å². The van der Waals surface area contributed by atoms with Crippen LogP contribution in [0.3, 0.4) is 0 Å². The highest BCUT2D eigenvalue weighted by Crippen LogP contribution is 2.18. The van der Waals surface area contributed by atoms with E-state index in [1.807, 2.05) is 33.0 Å². The number of halogens is 1. The van der Waals surface area contributed by atoms with Gasteiger partial charge in [0, 0.05) is 18.8 Å². The van der Waals surface area contributed by atoms with Crippen LogP contribution in [-0.4, -0.2) is 25.6 Å². The van der Waals surface area contributed by atoms with Crippen molar-refractivity contribution in [1.29, 1.82) is 0 Å². The van der Waals surface area contributed by atoms with Crippen molar-refractivity contribution >= 4 is 11.8 Å². The lowest BCUT2D eigenvalue weighted by molar-refractivity contribution is 0.247. The molecule has 0 aliphatic rings. The van der Waals surface area contributed by atoms with E-state index >= 15 is 0 Å². The van der Waals surface area contributed by atoms with Crippen LogP contribution in [0.5, 0.6) is 0 Å². The van der Waals surface area contributed by atoms with Gasteiger partial charge in [0.25, 0.3) is 0 Å². The smallest absolute Gasteiger partial charge is 0.320 e. The fraction of sp³-hybridized carbons (Fsp3) is 0.316. The molecule has 0 bridgehead atoms. The molecule has 3 aromatic rings. The minimum atomic E-state index is -0.327. The van der Waals surface area contributed by atoms with Crippen LogP contribution in [0.2, 0.25) is 0 Å². The van der Waals surface area contributed by atoms with Crippen molar-refractivity contribution in [3.8, 4) is 0 Å². The van der Waals surface area contributed by atoms with Crippen LogP contribution >= 0.6 is 0 Å². The molecule has 2 amide bonds. The molecule has 0 fully saturated rings. The van der Waals surface area contributed by atoms with Crippen LogP contribution in [0, 0.1) is 12.7 Å². The molecule has 0 aliphatic carbocycles. The molecular formula is C19H23FN6O. The van der Waals surface area contributed by atoms with Crippen LogP contribution in [0.1, 0.15) is 36.2 Å². The van der Waals surface area contributed by atoms with Crippen LogP contribution in [0.25, 0.3) is 0 Å². The van der Waals surface area contributed by atoms with E-state index in [0.717, 1.165) is 23.2 Å². The van der Waals surface area contributed by atoms with Crippen LogP contribution < -0.4 is 10.6 Å². The largest absolute Gasteiger partial charge is 0.329 e. The van der Waals surface area contributed by atoms with Crippen molar-refractivity contribution in [2.75, 3.05) is 5.32 Å². The Hall–Kier alpha value is -3.16. The van der Waals surface area contributed by atoms with Crippen molar-refractivity contribution in [2.45, 2.75) is 32.9 Å². The van der Waals surface area contributed by atoms with Crippen molar-refractivity contribution < 1.29 is 9.18 Å². The van der Waals surface area contributed by atoms with E-state index in [2.05, 4.69) is 20.8 Å². The molecule has 0 saturated carbocycles. The van der Waals surface area contributed by atoms with Gasteiger partial charge in [0.1, 0.15) is 11.6 Å². The molecule has 7 nitrogen and oxygen atoms in total. The Morgan fingerprint density at radius 3 is 2.78 bits per heavy atom. The third-order valence-electron chi connectivity index (χ3n) is 4.41. The summed E-state index contributed by atoms with van der Waals surface area (Å²) in [6.45, 7) is 4.22. The molecule has 2 N–H and O–H groups in total. The second-order valence-corrected chi connectivity index (χ2v) is 6.40. The van der Waals surface area contributed by atoms with E-state index in [-0.39, 0.29) is 17.9 Å². The van der Waals surface area contributed by atoms with Gasteiger partial charge in [0.15, 0.2) is 0 Å². The molecule has 2 aromatic heterocycles. The first-order chi connectivity index (χ1) is 13.0. The van der Waals surface area contributed by atoms with Crippen molar-refractivity contribution in [3.63, 3.8) is 0 Å². The number of amides is 2. The molecule has 8 heteroatoms. The first-order valence-corrected chi connectivity index (χ1v) is 8.80. The maximum atomic E-state index is 13.4. The van der Waals surface area contributed by atoms with E-state index in [1.165, 1.54) is 12.1 Å². The second kappa shape index (κ2) is 8.03. The highest BCUT2D eigenvalue weighted by Gasteiger charge is 2.18. The SMILES string of the molecule is CC[C@H](NC(=O)Nc1c(C)cnn1Cc1cccc(F)c1)c1ccnn1C. The van der Waals surface area contributed by atoms with Gasteiger partial charge in [0.05, 0.1) is 24.5 Å². The van der Waals surface area contributed by atoms with E-state index in [0.29, 0.717) is 12.4 Å². The normalized spacial score (nSPS) is 12.0. The Labute approximate surface area is 157 Å². The minimum absolute atomic E-state index is 0.155. The molecule has 3 rings (SSSR count). The molecule has 0 aliphatic heterocycles. The van der Waals surface area contributed by atoms with Crippen LogP contribution in [0.4, 0.5) is 15.0 Å². The van der Waals surface area contributed by atoms with Crippen LogP contribution in [-0.2, 0) is 13.6 Å². The zero-order valence-electron chi connectivity index (χ0n) is 15.6. The van der Waals surface area contributed by atoms with E-state index in [1.54, 1.807) is 27.8 Å². The number of urea groups is 1. The highest BCUT2D eigenvalue weighted by molar-refractivity contribution is 5.89. The van der Waals surface area contributed by atoms with Gasteiger partial charge in [-0.2, -0.15) is 10.2 Å².